The Kier molecular flexibility index (Phi) is 5.15. The SMILES string of the molecule is COc1ccc(NC(=O)c2cc(NCc3ccc4c(c3)OCO4)nc(C)n2)cc1. The lowest BCUT2D eigenvalue weighted by Gasteiger charge is -2.10. The second-order valence-corrected chi connectivity index (χ2v) is 6.41. The number of aromatic nitrogens is 2. The van der Waals surface area contributed by atoms with Gasteiger partial charge in [0.2, 0.25) is 6.79 Å². The third kappa shape index (κ3) is 4.37. The van der Waals surface area contributed by atoms with Crippen molar-refractivity contribution in [2.24, 2.45) is 0 Å². The Bertz CT molecular complexity index is 1040. The molecule has 3 aromatic rings. The maximum absolute atomic E-state index is 12.6. The number of benzene rings is 2. The minimum atomic E-state index is -0.313. The number of nitrogens with one attached hydrogen (secondary N) is 2. The molecule has 2 heterocycles. The topological polar surface area (TPSA) is 94.6 Å². The van der Waals surface area contributed by atoms with Gasteiger partial charge in [0.15, 0.2) is 11.5 Å². The monoisotopic (exact) mass is 392 g/mol. The van der Waals surface area contributed by atoms with E-state index in [1.807, 2.05) is 18.2 Å². The second-order valence-electron chi connectivity index (χ2n) is 6.41. The van der Waals surface area contributed by atoms with Gasteiger partial charge in [0.1, 0.15) is 23.1 Å². The lowest BCUT2D eigenvalue weighted by Crippen LogP contribution is -2.15. The Morgan fingerprint density at radius 1 is 1.07 bits per heavy atom. The minimum Gasteiger partial charge on any atom is -0.497 e. The lowest BCUT2D eigenvalue weighted by atomic mass is 10.2. The molecule has 0 radical (unpaired) electrons. The molecule has 0 saturated heterocycles. The van der Waals surface area contributed by atoms with Crippen LogP contribution >= 0.6 is 0 Å². The summed E-state index contributed by atoms with van der Waals surface area (Å²) < 4.78 is 15.8. The smallest absolute Gasteiger partial charge is 0.274 e. The highest BCUT2D eigenvalue weighted by Gasteiger charge is 2.14. The summed E-state index contributed by atoms with van der Waals surface area (Å²) in [5, 5.41) is 6.05. The van der Waals surface area contributed by atoms with E-state index in [0.717, 1.165) is 22.8 Å². The van der Waals surface area contributed by atoms with Crippen LogP contribution in [0.15, 0.2) is 48.5 Å². The molecule has 2 N–H and O–H groups in total. The van der Waals surface area contributed by atoms with Crippen molar-refractivity contribution in [1.29, 1.82) is 0 Å². The molecule has 0 saturated carbocycles. The summed E-state index contributed by atoms with van der Waals surface area (Å²) in [6.45, 7) is 2.51. The van der Waals surface area contributed by atoms with Crippen molar-refractivity contribution in [3.63, 3.8) is 0 Å². The number of amides is 1. The average Bonchev–Trinajstić information content (AvgIpc) is 3.20. The number of nitrogens with zero attached hydrogens (tertiary/aromatic N) is 2. The average molecular weight is 392 g/mol. The zero-order valence-electron chi connectivity index (χ0n) is 16.1. The van der Waals surface area contributed by atoms with Crippen molar-refractivity contribution < 1.29 is 19.0 Å². The number of anilines is 2. The third-order valence-corrected chi connectivity index (χ3v) is 4.33. The number of fused-ring (bicyclic) bond motifs is 1. The van der Waals surface area contributed by atoms with Crippen LogP contribution < -0.4 is 24.8 Å². The summed E-state index contributed by atoms with van der Waals surface area (Å²) >= 11 is 0. The van der Waals surface area contributed by atoms with Crippen molar-refractivity contribution in [2.75, 3.05) is 24.5 Å². The predicted octanol–water partition coefficient (Wildman–Crippen LogP) is 3.39. The first kappa shape index (κ1) is 18.5. The fraction of sp³-hybridized carbons (Fsp3) is 0.190. The zero-order valence-corrected chi connectivity index (χ0v) is 16.1. The molecule has 0 bridgehead atoms. The van der Waals surface area contributed by atoms with Crippen molar-refractivity contribution in [1.82, 2.24) is 9.97 Å². The van der Waals surface area contributed by atoms with Crippen LogP contribution in [-0.4, -0.2) is 29.8 Å². The van der Waals surface area contributed by atoms with E-state index in [9.17, 15) is 4.79 Å². The van der Waals surface area contributed by atoms with E-state index in [0.29, 0.717) is 23.9 Å². The Morgan fingerprint density at radius 3 is 2.66 bits per heavy atom. The molecule has 4 rings (SSSR count). The first-order valence-electron chi connectivity index (χ1n) is 9.04. The van der Waals surface area contributed by atoms with Crippen LogP contribution in [0.4, 0.5) is 11.5 Å². The highest BCUT2D eigenvalue weighted by Crippen LogP contribution is 2.32. The first-order valence-corrected chi connectivity index (χ1v) is 9.04. The van der Waals surface area contributed by atoms with E-state index in [1.54, 1.807) is 44.4 Å². The number of hydrogen-bond acceptors (Lipinski definition) is 7. The van der Waals surface area contributed by atoms with E-state index in [1.165, 1.54) is 0 Å². The summed E-state index contributed by atoms with van der Waals surface area (Å²) in [4.78, 5) is 21.2. The van der Waals surface area contributed by atoms with Gasteiger partial charge in [0, 0.05) is 18.3 Å². The standard InChI is InChI=1S/C21H20N4O4/c1-13-23-17(21(26)25-15-4-6-16(27-2)7-5-15)10-20(24-13)22-11-14-3-8-18-19(9-14)29-12-28-18/h3-10H,11-12H2,1-2H3,(H,25,26)(H,22,23,24). The van der Waals surface area contributed by atoms with Crippen LogP contribution in [0.1, 0.15) is 21.9 Å². The number of aryl methyl sites for hydroxylation is 1. The second kappa shape index (κ2) is 8.05. The highest BCUT2D eigenvalue weighted by atomic mass is 16.7. The Morgan fingerprint density at radius 2 is 1.86 bits per heavy atom. The van der Waals surface area contributed by atoms with Crippen LogP contribution in [0, 0.1) is 6.92 Å². The van der Waals surface area contributed by atoms with Gasteiger partial charge < -0.3 is 24.8 Å². The number of methoxy groups -OCH3 is 1. The molecule has 8 heteroatoms. The number of rotatable bonds is 6. The number of carbonyl (C=O) groups excluding carboxylic acids is 1. The molecule has 1 aliphatic heterocycles. The van der Waals surface area contributed by atoms with E-state index >= 15 is 0 Å². The zero-order chi connectivity index (χ0) is 20.2. The summed E-state index contributed by atoms with van der Waals surface area (Å²) in [5.74, 6) is 2.94. The normalized spacial score (nSPS) is 11.8. The summed E-state index contributed by atoms with van der Waals surface area (Å²) in [6, 6.07) is 14.5. The van der Waals surface area contributed by atoms with Crippen molar-refractivity contribution in [3.8, 4) is 17.2 Å². The van der Waals surface area contributed by atoms with Gasteiger partial charge in [-0.1, -0.05) is 6.07 Å². The third-order valence-electron chi connectivity index (χ3n) is 4.33. The van der Waals surface area contributed by atoms with Gasteiger partial charge in [-0.15, -0.1) is 0 Å². The quantitative estimate of drug-likeness (QED) is 0.664. The van der Waals surface area contributed by atoms with Gasteiger partial charge in [0.25, 0.3) is 5.91 Å². The van der Waals surface area contributed by atoms with Crippen molar-refractivity contribution in [3.05, 3.63) is 65.6 Å². The Hall–Kier alpha value is -3.81. The van der Waals surface area contributed by atoms with Gasteiger partial charge in [-0.25, -0.2) is 9.97 Å². The van der Waals surface area contributed by atoms with E-state index in [2.05, 4.69) is 20.6 Å². The van der Waals surface area contributed by atoms with E-state index in [-0.39, 0.29) is 18.4 Å². The molecule has 148 valence electrons. The van der Waals surface area contributed by atoms with Crippen molar-refractivity contribution >= 4 is 17.4 Å². The lowest BCUT2D eigenvalue weighted by molar-refractivity contribution is 0.102. The molecule has 1 amide bonds. The maximum Gasteiger partial charge on any atom is 0.274 e. The molecular weight excluding hydrogens is 372 g/mol. The fourth-order valence-electron chi connectivity index (χ4n) is 2.89. The van der Waals surface area contributed by atoms with Crippen LogP contribution in [0.5, 0.6) is 17.2 Å². The molecule has 1 aromatic heterocycles. The van der Waals surface area contributed by atoms with Crippen LogP contribution in [0.3, 0.4) is 0 Å². The maximum atomic E-state index is 12.6. The number of ether oxygens (including phenoxy) is 3. The van der Waals surface area contributed by atoms with E-state index in [4.69, 9.17) is 14.2 Å². The predicted molar refractivity (Wildman–Crippen MR) is 108 cm³/mol. The summed E-state index contributed by atoms with van der Waals surface area (Å²) in [6.07, 6.45) is 0. The molecule has 0 spiro atoms. The molecule has 0 unspecified atom stereocenters. The molecule has 0 aliphatic carbocycles. The van der Waals surface area contributed by atoms with Crippen LogP contribution in [0.25, 0.3) is 0 Å². The fourth-order valence-corrected chi connectivity index (χ4v) is 2.89. The number of hydrogen-bond donors (Lipinski definition) is 2. The van der Waals surface area contributed by atoms with E-state index < -0.39 is 0 Å². The summed E-state index contributed by atoms with van der Waals surface area (Å²) in [7, 11) is 1.59. The Labute approximate surface area is 167 Å². The van der Waals surface area contributed by atoms with Gasteiger partial charge >= 0.3 is 0 Å². The van der Waals surface area contributed by atoms with Gasteiger partial charge in [-0.05, 0) is 48.9 Å². The van der Waals surface area contributed by atoms with Crippen LogP contribution in [-0.2, 0) is 6.54 Å². The summed E-state index contributed by atoms with van der Waals surface area (Å²) in [5.41, 5.74) is 1.94. The molecule has 0 atom stereocenters. The van der Waals surface area contributed by atoms with Gasteiger partial charge in [-0.3, -0.25) is 4.79 Å². The highest BCUT2D eigenvalue weighted by molar-refractivity contribution is 6.03. The molecule has 0 fully saturated rings. The number of carbonyl (C=O) groups is 1. The molecular formula is C21H20N4O4. The largest absolute Gasteiger partial charge is 0.497 e. The minimum absolute atomic E-state index is 0.240. The van der Waals surface area contributed by atoms with Gasteiger partial charge in [-0.2, -0.15) is 0 Å². The molecule has 1 aliphatic rings. The Balaban J connectivity index is 1.44. The first-order chi connectivity index (χ1) is 14.1. The van der Waals surface area contributed by atoms with Crippen molar-refractivity contribution in [2.45, 2.75) is 13.5 Å². The molecule has 8 nitrogen and oxygen atoms in total. The van der Waals surface area contributed by atoms with Crippen LogP contribution in [0.2, 0.25) is 0 Å². The molecule has 29 heavy (non-hydrogen) atoms. The van der Waals surface area contributed by atoms with Gasteiger partial charge in [0.05, 0.1) is 7.11 Å². The molecule has 2 aromatic carbocycles.